The van der Waals surface area contributed by atoms with E-state index in [0.29, 0.717) is 37.6 Å². The molecule has 0 radical (unpaired) electrons. The van der Waals surface area contributed by atoms with Crippen LogP contribution in [0.4, 0.5) is 4.79 Å². The fourth-order valence-corrected chi connectivity index (χ4v) is 10.4. The van der Waals surface area contributed by atoms with E-state index in [0.717, 1.165) is 21.2 Å². The number of halogens is 1. The van der Waals surface area contributed by atoms with Crippen LogP contribution in [0.3, 0.4) is 0 Å². The minimum absolute atomic E-state index is 0.0236. The fourth-order valence-electron chi connectivity index (χ4n) is 6.98. The van der Waals surface area contributed by atoms with Crippen molar-refractivity contribution in [3.8, 4) is 0 Å². The number of nitrogens with one attached hydrogen (secondary N) is 2. The first-order valence-electron chi connectivity index (χ1n) is 16.9. The summed E-state index contributed by atoms with van der Waals surface area (Å²) >= 11 is 7.99. The summed E-state index contributed by atoms with van der Waals surface area (Å²) < 4.78 is 32.2. The van der Waals surface area contributed by atoms with Crippen molar-refractivity contribution < 1.29 is 27.9 Å². The third-order valence-corrected chi connectivity index (χ3v) is 13.0. The number of aliphatic hydroxyl groups excluding tert-OH is 1. The molecule has 2 aliphatic rings. The molecule has 268 valence electrons. The number of β-amino-alcohol motifs (C(OH)–C–C–N with tert-alkyl or cyclic N) is 1. The van der Waals surface area contributed by atoms with Crippen molar-refractivity contribution in [2.75, 3.05) is 31.9 Å². The molecule has 49 heavy (non-hydrogen) atoms. The summed E-state index contributed by atoms with van der Waals surface area (Å²) in [6.07, 6.45) is -2.01. The largest absolute Gasteiger partial charge is 0.445 e. The summed E-state index contributed by atoms with van der Waals surface area (Å²) in [4.78, 5) is 31.3. The van der Waals surface area contributed by atoms with Crippen LogP contribution in [0.15, 0.2) is 53.9 Å². The number of benzene rings is 2. The molecule has 0 saturated carbocycles. The van der Waals surface area contributed by atoms with Gasteiger partial charge in [-0.25, -0.2) is 13.2 Å². The second-order valence-corrected chi connectivity index (χ2v) is 18.3. The van der Waals surface area contributed by atoms with Crippen molar-refractivity contribution in [1.29, 1.82) is 0 Å². The van der Waals surface area contributed by atoms with Crippen LogP contribution in [0.5, 0.6) is 0 Å². The van der Waals surface area contributed by atoms with E-state index in [-0.39, 0.29) is 30.5 Å². The molecule has 2 saturated heterocycles. The monoisotopic (exact) mass is 732 g/mol. The number of aliphatic hydroxyl groups is 1. The lowest BCUT2D eigenvalue weighted by Gasteiger charge is -2.43. The molecule has 13 heteroatoms. The third kappa shape index (κ3) is 9.74. The van der Waals surface area contributed by atoms with Crippen molar-refractivity contribution in [2.24, 2.45) is 5.92 Å². The standard InChI is InChI=1S/C36H49ClN4O6S2/c1-23(2)33-31(13-16-49(33,45)46)47-35(44)38-28(17-24-9-7-6-8-10-24)30(42)21-41-15-14-40(20-29(41)34(43)39-36(3,4)5)19-25-22-48-32-12-11-26(37)18-27(25)32/h6-12,18,22-23,28-31,33,42H,13-17,19-21H2,1-5H3,(H,38,44)(H,39,43)/t28-,29-,30+,31+,33+/m0/s1. The van der Waals surface area contributed by atoms with Crippen molar-refractivity contribution >= 4 is 54.9 Å². The van der Waals surface area contributed by atoms with E-state index in [2.05, 4.69) is 20.9 Å². The number of ether oxygens (including phenoxy) is 1. The molecule has 3 N–H and O–H groups in total. The maximum atomic E-state index is 13.8. The number of alkyl carbamates (subject to hydrolysis) is 1. The second-order valence-electron chi connectivity index (χ2n) is 14.7. The molecule has 3 aromatic rings. The van der Waals surface area contributed by atoms with E-state index in [9.17, 15) is 23.1 Å². The predicted molar refractivity (Wildman–Crippen MR) is 196 cm³/mol. The topological polar surface area (TPSA) is 128 Å². The van der Waals surface area contributed by atoms with Crippen molar-refractivity contribution in [1.82, 2.24) is 20.4 Å². The lowest BCUT2D eigenvalue weighted by Crippen LogP contribution is -2.63. The van der Waals surface area contributed by atoms with E-state index in [1.165, 1.54) is 0 Å². The van der Waals surface area contributed by atoms with Gasteiger partial charge in [-0.05, 0) is 79.6 Å². The number of piperazine rings is 1. The summed E-state index contributed by atoms with van der Waals surface area (Å²) in [6.45, 7) is 11.9. The number of hydrogen-bond acceptors (Lipinski definition) is 9. The third-order valence-electron chi connectivity index (χ3n) is 9.26. The Hall–Kier alpha value is -2.74. The van der Waals surface area contributed by atoms with Crippen LogP contribution in [0.1, 0.15) is 52.2 Å². The zero-order chi connectivity index (χ0) is 35.5. The predicted octanol–water partition coefficient (Wildman–Crippen LogP) is 4.87. The van der Waals surface area contributed by atoms with Crippen LogP contribution in [0, 0.1) is 5.92 Å². The summed E-state index contributed by atoms with van der Waals surface area (Å²) in [5, 5.41) is 20.9. The van der Waals surface area contributed by atoms with Gasteiger partial charge in [0.05, 0.1) is 17.9 Å². The van der Waals surface area contributed by atoms with E-state index in [1.54, 1.807) is 11.3 Å². The zero-order valence-electron chi connectivity index (χ0n) is 28.9. The van der Waals surface area contributed by atoms with Gasteiger partial charge in [-0.3, -0.25) is 14.6 Å². The summed E-state index contributed by atoms with van der Waals surface area (Å²) in [6, 6.07) is 14.1. The molecule has 2 amide bonds. The molecular weight excluding hydrogens is 684 g/mol. The molecule has 0 aliphatic carbocycles. The SMILES string of the molecule is CC(C)[C@@H]1[C@H](OC(=O)N[C@@H](Cc2ccccc2)[C@H](O)CN2CCN(Cc3csc4ccc(Cl)cc34)C[C@H]2C(=O)NC(C)(C)C)CCS1(=O)=O. The number of carbonyl (C=O) groups is 2. The van der Waals surface area contributed by atoms with E-state index in [4.69, 9.17) is 16.3 Å². The van der Waals surface area contributed by atoms with Gasteiger partial charge in [-0.1, -0.05) is 55.8 Å². The molecule has 2 aromatic carbocycles. The molecule has 10 nitrogen and oxygen atoms in total. The number of carbonyl (C=O) groups excluding carboxylic acids is 2. The lowest BCUT2D eigenvalue weighted by atomic mass is 9.99. The van der Waals surface area contributed by atoms with Crippen LogP contribution >= 0.6 is 22.9 Å². The van der Waals surface area contributed by atoms with Gasteiger partial charge in [0.15, 0.2) is 9.84 Å². The molecule has 0 bridgehead atoms. The average molecular weight is 733 g/mol. The van der Waals surface area contributed by atoms with Crippen LogP contribution in [0.2, 0.25) is 5.02 Å². The maximum Gasteiger partial charge on any atom is 0.407 e. The number of thiophene rings is 1. The highest BCUT2D eigenvalue weighted by molar-refractivity contribution is 7.92. The van der Waals surface area contributed by atoms with Crippen molar-refractivity contribution in [3.63, 3.8) is 0 Å². The first-order chi connectivity index (χ1) is 23.1. The van der Waals surface area contributed by atoms with Crippen molar-refractivity contribution in [3.05, 3.63) is 70.1 Å². The number of amides is 2. The highest BCUT2D eigenvalue weighted by Crippen LogP contribution is 2.31. The van der Waals surface area contributed by atoms with Gasteiger partial charge < -0.3 is 20.5 Å². The van der Waals surface area contributed by atoms with Crippen LogP contribution in [-0.2, 0) is 32.3 Å². The smallest absolute Gasteiger partial charge is 0.407 e. The van der Waals surface area contributed by atoms with Gasteiger partial charge in [0.1, 0.15) is 17.4 Å². The minimum atomic E-state index is -3.36. The molecule has 2 fully saturated rings. The van der Waals surface area contributed by atoms with Gasteiger partial charge in [-0.2, -0.15) is 0 Å². The van der Waals surface area contributed by atoms with Gasteiger partial charge >= 0.3 is 6.09 Å². The molecule has 5 atom stereocenters. The number of fused-ring (bicyclic) bond motifs is 1. The molecule has 2 aliphatic heterocycles. The molecule has 0 unspecified atom stereocenters. The first-order valence-corrected chi connectivity index (χ1v) is 19.9. The first kappa shape index (κ1) is 37.5. The lowest BCUT2D eigenvalue weighted by molar-refractivity contribution is -0.131. The van der Waals surface area contributed by atoms with Gasteiger partial charge in [0.25, 0.3) is 0 Å². The normalized spacial score (nSPS) is 23.0. The Balaban J connectivity index is 1.32. The molecule has 3 heterocycles. The van der Waals surface area contributed by atoms with Gasteiger partial charge in [0.2, 0.25) is 5.91 Å². The molecule has 1 aromatic heterocycles. The second kappa shape index (κ2) is 15.7. The molecule has 5 rings (SSSR count). The highest BCUT2D eigenvalue weighted by atomic mass is 35.5. The highest BCUT2D eigenvalue weighted by Gasteiger charge is 2.45. The van der Waals surface area contributed by atoms with Gasteiger partial charge in [0, 0.05) is 48.0 Å². The Morgan fingerprint density at radius 3 is 2.55 bits per heavy atom. The van der Waals surface area contributed by atoms with Gasteiger partial charge in [-0.15, -0.1) is 11.3 Å². The van der Waals surface area contributed by atoms with Crippen molar-refractivity contribution in [2.45, 2.75) is 89.1 Å². The molecule has 0 spiro atoms. The average Bonchev–Trinajstić information content (AvgIpc) is 3.55. The quantitative estimate of drug-likeness (QED) is 0.255. The Kier molecular flexibility index (Phi) is 12.0. The molecular formula is C36H49ClN4O6S2. The van der Waals surface area contributed by atoms with E-state index in [1.807, 2.05) is 88.0 Å². The maximum absolute atomic E-state index is 13.8. The Morgan fingerprint density at radius 2 is 1.86 bits per heavy atom. The summed E-state index contributed by atoms with van der Waals surface area (Å²) in [5.74, 6) is -0.358. The minimum Gasteiger partial charge on any atom is -0.445 e. The van der Waals surface area contributed by atoms with E-state index < -0.39 is 51.0 Å². The number of sulfone groups is 1. The Bertz CT molecular complexity index is 1710. The fraction of sp³-hybridized carbons (Fsp3) is 0.556. The zero-order valence-corrected chi connectivity index (χ0v) is 31.3. The number of nitrogens with zero attached hydrogens (tertiary/aromatic N) is 2. The van der Waals surface area contributed by atoms with Crippen LogP contribution in [0.25, 0.3) is 10.1 Å². The summed E-state index contributed by atoms with van der Waals surface area (Å²) in [5.41, 5.74) is 1.61. The Labute approximate surface area is 299 Å². The summed E-state index contributed by atoms with van der Waals surface area (Å²) in [7, 11) is -3.36. The number of rotatable bonds is 11. The number of hydrogen-bond donors (Lipinski definition) is 3. The van der Waals surface area contributed by atoms with E-state index >= 15 is 0 Å². The Morgan fingerprint density at radius 1 is 1.12 bits per heavy atom. The van der Waals surface area contributed by atoms with Crippen LogP contribution < -0.4 is 10.6 Å². The van der Waals surface area contributed by atoms with Crippen LogP contribution in [-0.4, -0.2) is 102 Å².